The van der Waals surface area contributed by atoms with Gasteiger partial charge in [0.2, 0.25) is 0 Å². The van der Waals surface area contributed by atoms with Gasteiger partial charge in [-0.1, -0.05) is 33.6 Å². The number of rotatable bonds is 3. The summed E-state index contributed by atoms with van der Waals surface area (Å²) in [4.78, 5) is 0. The van der Waals surface area contributed by atoms with E-state index in [1.54, 1.807) is 0 Å². The molecule has 0 bridgehead atoms. The summed E-state index contributed by atoms with van der Waals surface area (Å²) in [5.74, 6) is 1.31. The van der Waals surface area contributed by atoms with Gasteiger partial charge in [-0.25, -0.2) is 0 Å². The van der Waals surface area contributed by atoms with Gasteiger partial charge in [0.05, 0.1) is 9.50 Å². The van der Waals surface area contributed by atoms with Gasteiger partial charge in [0.1, 0.15) is 11.5 Å². The van der Waals surface area contributed by atoms with E-state index >= 15 is 0 Å². The van der Waals surface area contributed by atoms with E-state index in [0.717, 1.165) is 14.5 Å². The molecule has 0 aliphatic carbocycles. The van der Waals surface area contributed by atoms with Gasteiger partial charge in [0, 0.05) is 10.5 Å². The molecule has 0 heterocycles. The third kappa shape index (κ3) is 3.72. The van der Waals surface area contributed by atoms with Crippen molar-refractivity contribution in [2.24, 2.45) is 5.73 Å². The molecule has 1 unspecified atom stereocenters. The summed E-state index contributed by atoms with van der Waals surface area (Å²) in [5, 5.41) is 0.546. The van der Waals surface area contributed by atoms with Crippen LogP contribution in [-0.2, 0) is 0 Å². The van der Waals surface area contributed by atoms with E-state index in [2.05, 4.69) is 31.9 Å². The molecule has 0 saturated carbocycles. The summed E-state index contributed by atoms with van der Waals surface area (Å²) in [6.07, 6.45) is 0. The molecule has 100 valence electrons. The lowest BCUT2D eigenvalue weighted by Gasteiger charge is -2.12. The van der Waals surface area contributed by atoms with Gasteiger partial charge in [-0.15, -0.1) is 0 Å². The Bertz CT molecular complexity index is 602. The van der Waals surface area contributed by atoms with E-state index in [4.69, 9.17) is 22.1 Å². The Balaban J connectivity index is 2.28. The molecule has 0 aromatic heterocycles. The third-order valence-electron chi connectivity index (χ3n) is 2.60. The number of ether oxygens (including phenoxy) is 1. The van der Waals surface area contributed by atoms with E-state index in [-0.39, 0.29) is 6.04 Å². The molecule has 0 saturated heterocycles. The van der Waals surface area contributed by atoms with E-state index in [0.29, 0.717) is 16.5 Å². The van der Waals surface area contributed by atoms with E-state index in [9.17, 15) is 0 Å². The predicted octanol–water partition coefficient (Wildman–Crippen LogP) is 5.68. The minimum atomic E-state index is -0.0500. The Kier molecular flexibility index (Phi) is 4.90. The molecule has 2 nitrogen and oxygen atoms in total. The first-order valence-electron chi connectivity index (χ1n) is 5.65. The molecule has 5 heteroatoms. The first kappa shape index (κ1) is 14.9. The molecule has 2 aromatic carbocycles. The summed E-state index contributed by atoms with van der Waals surface area (Å²) in [6.45, 7) is 1.91. The van der Waals surface area contributed by atoms with Crippen molar-refractivity contribution in [2.75, 3.05) is 0 Å². The smallest absolute Gasteiger partial charge is 0.146 e. The second-order valence-electron chi connectivity index (χ2n) is 4.16. The molecular weight excluding hydrogens is 393 g/mol. The minimum absolute atomic E-state index is 0.0500. The van der Waals surface area contributed by atoms with Gasteiger partial charge in [0.15, 0.2) is 0 Å². The lowest BCUT2D eigenvalue weighted by atomic mass is 10.1. The number of hydrogen-bond donors (Lipinski definition) is 1. The van der Waals surface area contributed by atoms with Gasteiger partial charge in [-0.05, 0) is 58.7 Å². The Labute approximate surface area is 134 Å². The molecule has 0 aliphatic heterocycles. The van der Waals surface area contributed by atoms with Crippen molar-refractivity contribution in [1.29, 1.82) is 0 Å². The SMILES string of the molecule is CC(N)c1ccc(Oc2ccc(Br)cc2Br)c(Cl)c1. The molecule has 19 heavy (non-hydrogen) atoms. The van der Waals surface area contributed by atoms with Gasteiger partial charge >= 0.3 is 0 Å². The van der Waals surface area contributed by atoms with E-state index < -0.39 is 0 Å². The Hall–Kier alpha value is -0.550. The Morgan fingerprint density at radius 2 is 1.79 bits per heavy atom. The number of halogens is 3. The van der Waals surface area contributed by atoms with Crippen LogP contribution in [0.5, 0.6) is 11.5 Å². The van der Waals surface area contributed by atoms with Crippen LogP contribution in [0.15, 0.2) is 45.3 Å². The predicted molar refractivity (Wildman–Crippen MR) is 86.0 cm³/mol. The lowest BCUT2D eigenvalue weighted by Crippen LogP contribution is -2.04. The summed E-state index contributed by atoms with van der Waals surface area (Å²) in [6, 6.07) is 11.2. The highest BCUT2D eigenvalue weighted by Gasteiger charge is 2.09. The topological polar surface area (TPSA) is 35.2 Å². The highest BCUT2D eigenvalue weighted by atomic mass is 79.9. The molecule has 2 aromatic rings. The van der Waals surface area contributed by atoms with Gasteiger partial charge in [-0.3, -0.25) is 0 Å². The number of benzene rings is 2. The highest BCUT2D eigenvalue weighted by molar-refractivity contribution is 9.11. The first-order valence-corrected chi connectivity index (χ1v) is 7.61. The maximum absolute atomic E-state index is 6.20. The molecule has 2 N–H and O–H groups in total. The first-order chi connectivity index (χ1) is 8.97. The summed E-state index contributed by atoms with van der Waals surface area (Å²) in [5.41, 5.74) is 6.79. The van der Waals surface area contributed by atoms with Crippen LogP contribution in [0.2, 0.25) is 5.02 Å². The van der Waals surface area contributed by atoms with Crippen molar-refractivity contribution < 1.29 is 4.74 Å². The van der Waals surface area contributed by atoms with E-state index in [1.807, 2.05) is 43.3 Å². The summed E-state index contributed by atoms with van der Waals surface area (Å²) in [7, 11) is 0. The minimum Gasteiger partial charge on any atom is -0.455 e. The average Bonchev–Trinajstić information content (AvgIpc) is 2.34. The average molecular weight is 406 g/mol. The molecular formula is C14H12Br2ClNO. The number of hydrogen-bond acceptors (Lipinski definition) is 2. The van der Waals surface area contributed by atoms with Gasteiger partial charge in [0.25, 0.3) is 0 Å². The lowest BCUT2D eigenvalue weighted by molar-refractivity contribution is 0.479. The van der Waals surface area contributed by atoms with Crippen molar-refractivity contribution in [2.45, 2.75) is 13.0 Å². The van der Waals surface area contributed by atoms with Crippen LogP contribution < -0.4 is 10.5 Å². The zero-order chi connectivity index (χ0) is 14.0. The van der Waals surface area contributed by atoms with Crippen molar-refractivity contribution in [3.63, 3.8) is 0 Å². The Morgan fingerprint density at radius 1 is 1.11 bits per heavy atom. The van der Waals surface area contributed by atoms with Crippen LogP contribution in [0, 0.1) is 0 Å². The maximum Gasteiger partial charge on any atom is 0.146 e. The molecule has 1 atom stereocenters. The van der Waals surface area contributed by atoms with Crippen molar-refractivity contribution in [1.82, 2.24) is 0 Å². The third-order valence-corrected chi connectivity index (χ3v) is 4.00. The fourth-order valence-electron chi connectivity index (χ4n) is 1.56. The van der Waals surface area contributed by atoms with Crippen LogP contribution >= 0.6 is 43.5 Å². The zero-order valence-corrected chi connectivity index (χ0v) is 14.1. The van der Waals surface area contributed by atoms with Crippen molar-refractivity contribution in [3.8, 4) is 11.5 Å². The van der Waals surface area contributed by atoms with Gasteiger partial charge in [-0.2, -0.15) is 0 Å². The molecule has 0 aliphatic rings. The standard InChI is InChI=1S/C14H12Br2ClNO/c1-8(18)9-2-4-14(12(17)6-9)19-13-5-3-10(15)7-11(13)16/h2-8H,18H2,1H3. The normalized spacial score (nSPS) is 12.3. The molecule has 0 spiro atoms. The van der Waals surface area contributed by atoms with E-state index in [1.165, 1.54) is 0 Å². The van der Waals surface area contributed by atoms with Gasteiger partial charge < -0.3 is 10.5 Å². The van der Waals surface area contributed by atoms with Crippen molar-refractivity contribution in [3.05, 3.63) is 55.9 Å². The van der Waals surface area contributed by atoms with Crippen LogP contribution in [0.25, 0.3) is 0 Å². The van der Waals surface area contributed by atoms with Crippen LogP contribution in [0.4, 0.5) is 0 Å². The quantitative estimate of drug-likeness (QED) is 0.713. The molecule has 2 rings (SSSR count). The molecule has 0 fully saturated rings. The number of nitrogens with two attached hydrogens (primary N) is 1. The van der Waals surface area contributed by atoms with Crippen molar-refractivity contribution >= 4 is 43.5 Å². The maximum atomic E-state index is 6.20. The fourth-order valence-corrected chi connectivity index (χ4v) is 2.92. The largest absolute Gasteiger partial charge is 0.455 e. The van der Waals surface area contributed by atoms with Crippen LogP contribution in [0.3, 0.4) is 0 Å². The molecule has 0 amide bonds. The summed E-state index contributed by atoms with van der Waals surface area (Å²) >= 11 is 13.0. The second kappa shape index (κ2) is 6.27. The summed E-state index contributed by atoms with van der Waals surface area (Å²) < 4.78 is 7.62. The Morgan fingerprint density at radius 3 is 2.37 bits per heavy atom. The van der Waals surface area contributed by atoms with Crippen LogP contribution in [-0.4, -0.2) is 0 Å². The zero-order valence-electron chi connectivity index (χ0n) is 10.2. The second-order valence-corrected chi connectivity index (χ2v) is 6.33. The van der Waals surface area contributed by atoms with Crippen LogP contribution in [0.1, 0.15) is 18.5 Å². The highest BCUT2D eigenvalue weighted by Crippen LogP contribution is 2.35. The monoisotopic (exact) mass is 403 g/mol. The fraction of sp³-hybridized carbons (Fsp3) is 0.143. The molecule has 0 radical (unpaired) electrons.